The minimum atomic E-state index is -0.237. The highest BCUT2D eigenvalue weighted by Gasteiger charge is 2.48. The second-order valence-electron chi connectivity index (χ2n) is 12.3. The zero-order valence-electron chi connectivity index (χ0n) is 22.0. The number of hydrogen-bond acceptors (Lipinski definition) is 0. The van der Waals surface area contributed by atoms with Crippen molar-refractivity contribution in [3.63, 3.8) is 0 Å². The van der Waals surface area contributed by atoms with E-state index in [2.05, 4.69) is 151 Å². The molecule has 0 nitrogen and oxygen atoms in total. The van der Waals surface area contributed by atoms with E-state index in [1.807, 2.05) is 0 Å². The maximum atomic E-state index is 2.44. The zero-order valence-corrected chi connectivity index (χ0v) is 22.0. The molecular weight excluding hydrogens is 420 g/mol. The molecule has 35 heavy (non-hydrogen) atoms. The van der Waals surface area contributed by atoms with Crippen LogP contribution in [0.25, 0.3) is 6.08 Å². The lowest BCUT2D eigenvalue weighted by molar-refractivity contribution is 0.401. The predicted octanol–water partition coefficient (Wildman–Crippen LogP) is 9.12. The van der Waals surface area contributed by atoms with Gasteiger partial charge >= 0.3 is 0 Å². The third-order valence-electron chi connectivity index (χ3n) is 8.02. The molecule has 3 aromatic carbocycles. The Bertz CT molecular complexity index is 1210. The van der Waals surface area contributed by atoms with Crippen LogP contribution >= 0.6 is 0 Å². The van der Waals surface area contributed by atoms with E-state index in [1.54, 1.807) is 0 Å². The van der Waals surface area contributed by atoms with Crippen LogP contribution in [0.1, 0.15) is 80.8 Å². The summed E-state index contributed by atoms with van der Waals surface area (Å²) in [5.74, 6) is 0.515. The topological polar surface area (TPSA) is 0 Å². The molecule has 0 aliphatic heterocycles. The van der Waals surface area contributed by atoms with E-state index in [1.165, 1.54) is 33.4 Å². The highest BCUT2D eigenvalue weighted by Crippen LogP contribution is 2.55. The second kappa shape index (κ2) is 8.52. The first kappa shape index (κ1) is 23.6. The Morgan fingerprint density at radius 2 is 0.971 bits per heavy atom. The van der Waals surface area contributed by atoms with Crippen molar-refractivity contribution < 1.29 is 0 Å². The maximum absolute atomic E-state index is 2.44. The Labute approximate surface area is 212 Å². The van der Waals surface area contributed by atoms with Gasteiger partial charge < -0.3 is 0 Å². The third kappa shape index (κ3) is 4.04. The molecule has 0 heterocycles. The fraction of sp³-hybridized carbons (Fsp3) is 0.314. The van der Waals surface area contributed by atoms with Gasteiger partial charge in [-0.1, -0.05) is 151 Å². The van der Waals surface area contributed by atoms with Gasteiger partial charge in [0.2, 0.25) is 0 Å². The van der Waals surface area contributed by atoms with Crippen molar-refractivity contribution in [2.45, 2.75) is 63.7 Å². The van der Waals surface area contributed by atoms with Gasteiger partial charge in [-0.2, -0.15) is 0 Å². The first-order valence-electron chi connectivity index (χ1n) is 13.0. The lowest BCUT2D eigenvalue weighted by atomic mass is 9.57. The van der Waals surface area contributed by atoms with Gasteiger partial charge in [-0.3, -0.25) is 0 Å². The van der Waals surface area contributed by atoms with Crippen LogP contribution in [0.5, 0.6) is 0 Å². The van der Waals surface area contributed by atoms with Crippen molar-refractivity contribution in [2.75, 3.05) is 0 Å². The van der Waals surface area contributed by atoms with Crippen molar-refractivity contribution in [2.24, 2.45) is 5.92 Å². The fourth-order valence-corrected chi connectivity index (χ4v) is 5.99. The maximum Gasteiger partial charge on any atom is 0.0403 e. The van der Waals surface area contributed by atoms with Crippen molar-refractivity contribution in [1.82, 2.24) is 0 Å². The van der Waals surface area contributed by atoms with Crippen molar-refractivity contribution >= 4 is 6.08 Å². The molecule has 0 fully saturated rings. The molecule has 3 aromatic rings. The van der Waals surface area contributed by atoms with Crippen molar-refractivity contribution in [3.8, 4) is 0 Å². The van der Waals surface area contributed by atoms with Crippen LogP contribution in [-0.4, -0.2) is 0 Å². The Kier molecular flexibility index (Phi) is 5.75. The molecule has 0 heteroatoms. The Morgan fingerprint density at radius 1 is 0.514 bits per heavy atom. The lowest BCUT2D eigenvalue weighted by Gasteiger charge is -2.44. The van der Waals surface area contributed by atoms with Gasteiger partial charge in [-0.05, 0) is 44.2 Å². The summed E-state index contributed by atoms with van der Waals surface area (Å²) in [4.78, 5) is 0. The molecule has 1 atom stereocenters. The number of hydrogen-bond donors (Lipinski definition) is 0. The highest BCUT2D eigenvalue weighted by molar-refractivity contribution is 5.67. The van der Waals surface area contributed by atoms with Gasteiger partial charge in [-0.15, -0.1) is 0 Å². The molecule has 5 rings (SSSR count). The van der Waals surface area contributed by atoms with Crippen LogP contribution in [0.2, 0.25) is 0 Å². The average Bonchev–Trinajstić information content (AvgIpc) is 3.51. The van der Waals surface area contributed by atoms with Gasteiger partial charge in [0, 0.05) is 17.3 Å². The van der Waals surface area contributed by atoms with Crippen molar-refractivity contribution in [1.29, 1.82) is 0 Å². The fourth-order valence-electron chi connectivity index (χ4n) is 5.99. The SMILES string of the molecule is CC(C)(C)c1ccc(C(c2ccc(C(C)(C)C)cc2)(C2C=CC=C2)C2C=Cc3ccccc32)cc1. The monoisotopic (exact) mass is 458 g/mol. The summed E-state index contributed by atoms with van der Waals surface area (Å²) in [7, 11) is 0. The van der Waals surface area contributed by atoms with Gasteiger partial charge in [0.25, 0.3) is 0 Å². The molecule has 1 unspecified atom stereocenters. The van der Waals surface area contributed by atoms with Crippen LogP contribution in [0.15, 0.2) is 103 Å². The van der Waals surface area contributed by atoms with Gasteiger partial charge in [0.15, 0.2) is 0 Å². The van der Waals surface area contributed by atoms with Gasteiger partial charge in [0.1, 0.15) is 0 Å². The molecule has 2 aliphatic rings. The first-order chi connectivity index (χ1) is 16.6. The number of allylic oxidation sites excluding steroid dienone is 5. The van der Waals surface area contributed by atoms with Crippen LogP contribution in [0.4, 0.5) is 0 Å². The van der Waals surface area contributed by atoms with E-state index in [4.69, 9.17) is 0 Å². The number of rotatable bonds is 4. The lowest BCUT2D eigenvalue weighted by Crippen LogP contribution is -2.40. The number of benzene rings is 3. The van der Waals surface area contributed by atoms with E-state index in [-0.39, 0.29) is 28.1 Å². The molecule has 2 aliphatic carbocycles. The summed E-state index contributed by atoms with van der Waals surface area (Å²) in [6.07, 6.45) is 14.0. The molecule has 0 aromatic heterocycles. The Morgan fingerprint density at radius 3 is 1.46 bits per heavy atom. The largest absolute Gasteiger partial charge is 0.0764 e. The average molecular weight is 459 g/mol. The minimum Gasteiger partial charge on any atom is -0.0764 e. The summed E-state index contributed by atoms with van der Waals surface area (Å²) in [6.45, 7) is 13.7. The van der Waals surface area contributed by atoms with Crippen LogP contribution in [-0.2, 0) is 16.2 Å². The summed E-state index contributed by atoms with van der Waals surface area (Å²) in [5, 5.41) is 0. The van der Waals surface area contributed by atoms with E-state index < -0.39 is 0 Å². The Balaban J connectivity index is 1.78. The standard InChI is InChI=1S/C35H38/c1-33(2,3)26-16-20-29(21-17-26)35(28-12-8-9-13-28,30-22-18-27(19-23-30)34(4,5)6)32-24-15-25-11-7-10-14-31(25)32/h7-24,28,32H,1-6H3. The van der Waals surface area contributed by atoms with Gasteiger partial charge in [-0.25, -0.2) is 0 Å². The molecule has 0 amide bonds. The van der Waals surface area contributed by atoms with Crippen molar-refractivity contribution in [3.05, 3.63) is 137 Å². The summed E-state index contributed by atoms with van der Waals surface area (Å²) < 4.78 is 0. The number of fused-ring (bicyclic) bond motifs is 1. The van der Waals surface area contributed by atoms with E-state index >= 15 is 0 Å². The summed E-state index contributed by atoms with van der Waals surface area (Å²) in [5.41, 5.74) is 8.27. The molecule has 178 valence electrons. The zero-order chi connectivity index (χ0) is 24.8. The smallest absolute Gasteiger partial charge is 0.0403 e. The summed E-state index contributed by atoms with van der Waals surface area (Å²) >= 11 is 0. The van der Waals surface area contributed by atoms with E-state index in [0.717, 1.165) is 0 Å². The molecule has 0 saturated heterocycles. The first-order valence-corrected chi connectivity index (χ1v) is 13.0. The quantitative estimate of drug-likeness (QED) is 0.366. The summed E-state index contributed by atoms with van der Waals surface area (Å²) in [6, 6.07) is 27.9. The molecule has 0 radical (unpaired) electrons. The van der Waals surface area contributed by atoms with E-state index in [9.17, 15) is 0 Å². The molecule has 0 saturated carbocycles. The molecular formula is C35H38. The predicted molar refractivity (Wildman–Crippen MR) is 151 cm³/mol. The molecule has 0 bridgehead atoms. The van der Waals surface area contributed by atoms with E-state index in [0.29, 0.717) is 0 Å². The molecule has 0 N–H and O–H groups in total. The molecule has 0 spiro atoms. The normalized spacial score (nSPS) is 17.8. The third-order valence-corrected chi connectivity index (χ3v) is 8.02. The van der Waals surface area contributed by atoms with Crippen LogP contribution in [0.3, 0.4) is 0 Å². The Hall–Kier alpha value is -3.12. The van der Waals surface area contributed by atoms with Crippen LogP contribution in [0, 0.1) is 5.92 Å². The second-order valence-corrected chi connectivity index (χ2v) is 12.3. The van der Waals surface area contributed by atoms with Crippen LogP contribution < -0.4 is 0 Å². The highest BCUT2D eigenvalue weighted by atomic mass is 14.5. The van der Waals surface area contributed by atoms with Gasteiger partial charge in [0.05, 0.1) is 0 Å². The minimum absolute atomic E-state index is 0.128.